The molecule has 1 aromatic rings. The number of rotatable bonds is 2. The minimum atomic E-state index is -0.179. The first-order chi connectivity index (χ1) is 7.27. The fraction of sp³-hybridized carbons (Fsp3) is 0.417. The maximum Gasteiger partial charge on any atom is 0.182 e. The summed E-state index contributed by atoms with van der Waals surface area (Å²) in [6.45, 7) is 3.93. The molecular formula is C12H15NO2. The number of carbonyl (C=O) groups is 1. The lowest BCUT2D eigenvalue weighted by Gasteiger charge is -2.22. The van der Waals surface area contributed by atoms with E-state index in [4.69, 9.17) is 4.74 Å². The van der Waals surface area contributed by atoms with Gasteiger partial charge in [0, 0.05) is 12.1 Å². The van der Waals surface area contributed by atoms with Gasteiger partial charge in [0.05, 0.1) is 19.3 Å². The molecule has 1 N–H and O–H groups in total. The van der Waals surface area contributed by atoms with Crippen molar-refractivity contribution in [3.63, 3.8) is 0 Å². The normalized spacial score (nSPS) is 21.3. The van der Waals surface area contributed by atoms with Crippen LogP contribution in [0.25, 0.3) is 0 Å². The number of Topliss-reactive ketones (excluding diaryl/α,β-unsaturated/α-hetero) is 1. The third-order valence-electron chi connectivity index (χ3n) is 2.57. The second-order valence-corrected chi connectivity index (χ2v) is 3.81. The first-order valence-electron chi connectivity index (χ1n) is 5.19. The highest BCUT2D eigenvalue weighted by Gasteiger charge is 2.21. The van der Waals surface area contributed by atoms with Gasteiger partial charge in [0.25, 0.3) is 0 Å². The van der Waals surface area contributed by atoms with E-state index in [1.165, 1.54) is 5.56 Å². The average Bonchev–Trinajstić information content (AvgIpc) is 2.30. The molecule has 0 amide bonds. The summed E-state index contributed by atoms with van der Waals surface area (Å²) in [5, 5.41) is 3.16. The van der Waals surface area contributed by atoms with Crippen LogP contribution < -0.4 is 5.32 Å². The minimum Gasteiger partial charge on any atom is -0.378 e. The highest BCUT2D eigenvalue weighted by atomic mass is 16.5. The van der Waals surface area contributed by atoms with Crippen molar-refractivity contribution in [3.8, 4) is 0 Å². The summed E-state index contributed by atoms with van der Waals surface area (Å²) >= 11 is 0. The largest absolute Gasteiger partial charge is 0.378 e. The summed E-state index contributed by atoms with van der Waals surface area (Å²) in [5.74, 6) is 0.120. The molecule has 1 fully saturated rings. The van der Waals surface area contributed by atoms with Crippen molar-refractivity contribution in [1.82, 2.24) is 5.32 Å². The molecule has 3 nitrogen and oxygen atoms in total. The predicted molar refractivity (Wildman–Crippen MR) is 58.1 cm³/mol. The van der Waals surface area contributed by atoms with Crippen molar-refractivity contribution in [3.05, 3.63) is 35.4 Å². The minimum absolute atomic E-state index is 0.120. The van der Waals surface area contributed by atoms with Gasteiger partial charge in [0.1, 0.15) is 0 Å². The van der Waals surface area contributed by atoms with E-state index in [0.29, 0.717) is 13.2 Å². The number of nitrogens with one attached hydrogen (secondary N) is 1. The molecule has 0 aliphatic carbocycles. The Morgan fingerprint density at radius 2 is 2.13 bits per heavy atom. The standard InChI is InChI=1S/C12H15NO2/c1-9-2-4-10(5-3-9)12(14)11-8-15-7-6-13-11/h2-5,11,13H,6-8H2,1H3. The lowest BCUT2D eigenvalue weighted by atomic mass is 10.0. The smallest absolute Gasteiger partial charge is 0.182 e. The Kier molecular flexibility index (Phi) is 3.14. The number of aryl methyl sites for hydroxylation is 1. The second-order valence-electron chi connectivity index (χ2n) is 3.81. The quantitative estimate of drug-likeness (QED) is 0.736. The van der Waals surface area contributed by atoms with Crippen LogP contribution in [0.15, 0.2) is 24.3 Å². The van der Waals surface area contributed by atoms with Crippen LogP contribution in [0.2, 0.25) is 0 Å². The number of ketones is 1. The van der Waals surface area contributed by atoms with Crippen LogP contribution in [-0.4, -0.2) is 31.6 Å². The fourth-order valence-electron chi connectivity index (χ4n) is 1.65. The third kappa shape index (κ3) is 2.43. The van der Waals surface area contributed by atoms with E-state index in [1.807, 2.05) is 31.2 Å². The van der Waals surface area contributed by atoms with Gasteiger partial charge in [-0.3, -0.25) is 4.79 Å². The van der Waals surface area contributed by atoms with E-state index >= 15 is 0 Å². The number of hydrogen-bond donors (Lipinski definition) is 1. The number of benzene rings is 1. The van der Waals surface area contributed by atoms with E-state index < -0.39 is 0 Å². The number of hydrogen-bond acceptors (Lipinski definition) is 3. The van der Waals surface area contributed by atoms with Gasteiger partial charge in [0.15, 0.2) is 5.78 Å². The molecule has 0 radical (unpaired) electrons. The van der Waals surface area contributed by atoms with Crippen LogP contribution in [0.4, 0.5) is 0 Å². The molecule has 3 heteroatoms. The van der Waals surface area contributed by atoms with Gasteiger partial charge >= 0.3 is 0 Å². The van der Waals surface area contributed by atoms with Crippen LogP contribution in [0, 0.1) is 6.92 Å². The first kappa shape index (κ1) is 10.3. The number of ether oxygens (including phenoxy) is 1. The molecule has 1 atom stereocenters. The molecule has 80 valence electrons. The van der Waals surface area contributed by atoms with E-state index in [2.05, 4.69) is 5.32 Å². The topological polar surface area (TPSA) is 38.3 Å². The highest BCUT2D eigenvalue weighted by molar-refractivity contribution is 6.00. The average molecular weight is 205 g/mol. The summed E-state index contributed by atoms with van der Waals surface area (Å²) in [6.07, 6.45) is 0. The molecule has 1 saturated heterocycles. The zero-order valence-corrected chi connectivity index (χ0v) is 8.82. The first-order valence-corrected chi connectivity index (χ1v) is 5.19. The summed E-state index contributed by atoms with van der Waals surface area (Å²) in [4.78, 5) is 12.0. The third-order valence-corrected chi connectivity index (χ3v) is 2.57. The maximum atomic E-state index is 12.0. The van der Waals surface area contributed by atoms with E-state index in [0.717, 1.165) is 12.1 Å². The van der Waals surface area contributed by atoms with Crippen LogP contribution in [0.3, 0.4) is 0 Å². The van der Waals surface area contributed by atoms with Crippen molar-refractivity contribution >= 4 is 5.78 Å². The molecule has 0 aromatic heterocycles. The zero-order valence-electron chi connectivity index (χ0n) is 8.82. The molecule has 2 rings (SSSR count). The lowest BCUT2D eigenvalue weighted by Crippen LogP contribution is -2.46. The van der Waals surface area contributed by atoms with Crippen molar-refractivity contribution in [1.29, 1.82) is 0 Å². The van der Waals surface area contributed by atoms with Gasteiger partial charge in [-0.2, -0.15) is 0 Å². The maximum absolute atomic E-state index is 12.0. The molecule has 0 bridgehead atoms. The molecular weight excluding hydrogens is 190 g/mol. The molecule has 1 heterocycles. The summed E-state index contributed by atoms with van der Waals surface area (Å²) < 4.78 is 5.27. The van der Waals surface area contributed by atoms with Crippen LogP contribution in [0.1, 0.15) is 15.9 Å². The Morgan fingerprint density at radius 1 is 1.40 bits per heavy atom. The SMILES string of the molecule is Cc1ccc(C(=O)C2COCCN2)cc1. The number of morpholine rings is 1. The molecule has 1 aliphatic heterocycles. The Labute approximate surface area is 89.4 Å². The van der Waals surface area contributed by atoms with Crippen molar-refractivity contribution in [2.45, 2.75) is 13.0 Å². The summed E-state index contributed by atoms with van der Waals surface area (Å²) in [7, 11) is 0. The molecule has 1 aliphatic rings. The Bertz CT molecular complexity index is 339. The molecule has 15 heavy (non-hydrogen) atoms. The van der Waals surface area contributed by atoms with E-state index in [1.54, 1.807) is 0 Å². The monoisotopic (exact) mass is 205 g/mol. The summed E-state index contributed by atoms with van der Waals surface area (Å²) in [6, 6.07) is 7.47. The van der Waals surface area contributed by atoms with Crippen LogP contribution in [-0.2, 0) is 4.74 Å². The van der Waals surface area contributed by atoms with Crippen molar-refractivity contribution in [2.24, 2.45) is 0 Å². The fourth-order valence-corrected chi connectivity index (χ4v) is 1.65. The molecule has 0 spiro atoms. The molecule has 0 saturated carbocycles. The van der Waals surface area contributed by atoms with Crippen molar-refractivity contribution in [2.75, 3.05) is 19.8 Å². The van der Waals surface area contributed by atoms with E-state index in [-0.39, 0.29) is 11.8 Å². The zero-order chi connectivity index (χ0) is 10.7. The van der Waals surface area contributed by atoms with Crippen LogP contribution in [0.5, 0.6) is 0 Å². The van der Waals surface area contributed by atoms with Gasteiger partial charge in [-0.25, -0.2) is 0 Å². The highest BCUT2D eigenvalue weighted by Crippen LogP contribution is 2.08. The van der Waals surface area contributed by atoms with E-state index in [9.17, 15) is 4.79 Å². The number of carbonyl (C=O) groups excluding carboxylic acids is 1. The van der Waals surface area contributed by atoms with Gasteiger partial charge < -0.3 is 10.1 Å². The molecule has 1 unspecified atom stereocenters. The molecule has 1 aromatic carbocycles. The Morgan fingerprint density at radius 3 is 2.73 bits per heavy atom. The van der Waals surface area contributed by atoms with Crippen molar-refractivity contribution < 1.29 is 9.53 Å². The Hall–Kier alpha value is -1.19. The summed E-state index contributed by atoms with van der Waals surface area (Å²) in [5.41, 5.74) is 1.92. The second kappa shape index (κ2) is 4.55. The lowest BCUT2D eigenvalue weighted by molar-refractivity contribution is 0.0607. The van der Waals surface area contributed by atoms with Gasteiger partial charge in [-0.05, 0) is 6.92 Å². The van der Waals surface area contributed by atoms with Gasteiger partial charge in [-0.15, -0.1) is 0 Å². The van der Waals surface area contributed by atoms with Gasteiger partial charge in [0.2, 0.25) is 0 Å². The van der Waals surface area contributed by atoms with Gasteiger partial charge in [-0.1, -0.05) is 29.8 Å². The Balaban J connectivity index is 2.09. The van der Waals surface area contributed by atoms with Crippen LogP contribution >= 0.6 is 0 Å². The predicted octanol–water partition coefficient (Wildman–Crippen LogP) is 1.17.